The standard InChI is InChI=1S/C19H28N4O3/c24-18(21-8-9-23-10-12-26-13-11-23)15-3-5-17(6-4-15)22-19(25)16-2-1-7-20-14-16/h3-6,16,20H,1-2,7-14H2,(H,21,24)(H,22,25). The highest BCUT2D eigenvalue weighted by Crippen LogP contribution is 2.15. The van der Waals surface area contributed by atoms with Gasteiger partial charge >= 0.3 is 0 Å². The van der Waals surface area contributed by atoms with E-state index in [9.17, 15) is 9.59 Å². The third-order valence-electron chi connectivity index (χ3n) is 4.90. The Morgan fingerprint density at radius 1 is 1.19 bits per heavy atom. The second kappa shape index (κ2) is 9.66. The predicted octanol–water partition coefficient (Wildman–Crippen LogP) is 0.687. The average molecular weight is 360 g/mol. The first-order chi connectivity index (χ1) is 12.7. The number of hydrogen-bond acceptors (Lipinski definition) is 5. The number of carbonyl (C=O) groups is 2. The van der Waals surface area contributed by atoms with Gasteiger partial charge < -0.3 is 20.7 Å². The van der Waals surface area contributed by atoms with Crippen molar-refractivity contribution in [3.8, 4) is 0 Å². The van der Waals surface area contributed by atoms with Crippen LogP contribution in [-0.4, -0.2) is 69.2 Å². The van der Waals surface area contributed by atoms with E-state index in [1.165, 1.54) is 0 Å². The molecule has 3 N–H and O–H groups in total. The molecule has 7 heteroatoms. The van der Waals surface area contributed by atoms with Crippen LogP contribution in [-0.2, 0) is 9.53 Å². The molecular weight excluding hydrogens is 332 g/mol. The van der Waals surface area contributed by atoms with Crippen molar-refractivity contribution in [2.24, 2.45) is 5.92 Å². The Kier molecular flexibility index (Phi) is 6.99. The summed E-state index contributed by atoms with van der Waals surface area (Å²) in [7, 11) is 0. The summed E-state index contributed by atoms with van der Waals surface area (Å²) in [5.41, 5.74) is 1.33. The van der Waals surface area contributed by atoms with Crippen molar-refractivity contribution in [1.29, 1.82) is 0 Å². The van der Waals surface area contributed by atoms with Crippen LogP contribution in [0.25, 0.3) is 0 Å². The molecular formula is C19H28N4O3. The Morgan fingerprint density at radius 3 is 2.65 bits per heavy atom. The van der Waals surface area contributed by atoms with Crippen molar-refractivity contribution in [3.05, 3.63) is 29.8 Å². The van der Waals surface area contributed by atoms with Crippen LogP contribution in [0.15, 0.2) is 24.3 Å². The zero-order valence-corrected chi connectivity index (χ0v) is 15.1. The van der Waals surface area contributed by atoms with Crippen LogP contribution < -0.4 is 16.0 Å². The molecule has 0 saturated carbocycles. The molecule has 7 nitrogen and oxygen atoms in total. The third-order valence-corrected chi connectivity index (χ3v) is 4.90. The second-order valence-corrected chi connectivity index (χ2v) is 6.82. The number of piperidine rings is 1. The molecule has 2 aliphatic rings. The Balaban J connectivity index is 1.42. The zero-order valence-electron chi connectivity index (χ0n) is 15.1. The summed E-state index contributed by atoms with van der Waals surface area (Å²) in [5, 5.41) is 9.12. The summed E-state index contributed by atoms with van der Waals surface area (Å²) in [4.78, 5) is 26.7. The molecule has 0 spiro atoms. The van der Waals surface area contributed by atoms with Gasteiger partial charge in [0.1, 0.15) is 0 Å². The average Bonchev–Trinajstić information content (AvgIpc) is 2.70. The maximum atomic E-state index is 12.2. The van der Waals surface area contributed by atoms with Gasteiger partial charge in [-0.25, -0.2) is 0 Å². The first-order valence-corrected chi connectivity index (χ1v) is 9.42. The van der Waals surface area contributed by atoms with Crippen LogP contribution in [0.5, 0.6) is 0 Å². The second-order valence-electron chi connectivity index (χ2n) is 6.82. The van der Waals surface area contributed by atoms with Gasteiger partial charge in [-0.2, -0.15) is 0 Å². The number of ether oxygens (including phenoxy) is 1. The van der Waals surface area contributed by atoms with E-state index in [0.29, 0.717) is 12.1 Å². The Hall–Kier alpha value is -1.96. The molecule has 2 aliphatic heterocycles. The van der Waals surface area contributed by atoms with Crippen LogP contribution in [0.1, 0.15) is 23.2 Å². The minimum absolute atomic E-state index is 0.0203. The summed E-state index contributed by atoms with van der Waals surface area (Å²) >= 11 is 0. The van der Waals surface area contributed by atoms with Crippen molar-refractivity contribution in [3.63, 3.8) is 0 Å². The van der Waals surface area contributed by atoms with Crippen molar-refractivity contribution in [1.82, 2.24) is 15.5 Å². The lowest BCUT2D eigenvalue weighted by molar-refractivity contribution is -0.120. The molecule has 26 heavy (non-hydrogen) atoms. The van der Waals surface area contributed by atoms with Crippen molar-refractivity contribution >= 4 is 17.5 Å². The van der Waals surface area contributed by atoms with E-state index in [1.54, 1.807) is 24.3 Å². The monoisotopic (exact) mass is 360 g/mol. The molecule has 2 fully saturated rings. The largest absolute Gasteiger partial charge is 0.379 e. The fourth-order valence-electron chi connectivity index (χ4n) is 3.28. The number of benzene rings is 1. The van der Waals surface area contributed by atoms with E-state index >= 15 is 0 Å². The van der Waals surface area contributed by atoms with Crippen LogP contribution in [0, 0.1) is 5.92 Å². The minimum Gasteiger partial charge on any atom is -0.379 e. The minimum atomic E-state index is -0.0902. The number of hydrogen-bond donors (Lipinski definition) is 3. The summed E-state index contributed by atoms with van der Waals surface area (Å²) in [6, 6.07) is 7.06. The van der Waals surface area contributed by atoms with Crippen molar-refractivity contribution < 1.29 is 14.3 Å². The summed E-state index contributed by atoms with van der Waals surface area (Å²) in [6.45, 7) is 6.52. The Labute approximate surface area is 154 Å². The van der Waals surface area contributed by atoms with Gasteiger partial charge in [-0.3, -0.25) is 14.5 Å². The Bertz CT molecular complexity index is 593. The predicted molar refractivity (Wildman–Crippen MR) is 100 cm³/mol. The van der Waals surface area contributed by atoms with Crippen molar-refractivity contribution in [2.45, 2.75) is 12.8 Å². The lowest BCUT2D eigenvalue weighted by atomic mass is 9.99. The summed E-state index contributed by atoms with van der Waals surface area (Å²) in [6.07, 6.45) is 1.95. The molecule has 0 aromatic heterocycles. The molecule has 1 unspecified atom stereocenters. The van der Waals surface area contributed by atoms with Crippen LogP contribution in [0.2, 0.25) is 0 Å². The molecule has 2 amide bonds. The number of nitrogens with one attached hydrogen (secondary N) is 3. The van der Waals surface area contributed by atoms with E-state index in [0.717, 1.165) is 64.5 Å². The number of nitrogens with zero attached hydrogens (tertiary/aromatic N) is 1. The summed E-state index contributed by atoms with van der Waals surface area (Å²) < 4.78 is 5.31. The van der Waals surface area contributed by atoms with Gasteiger partial charge in [0, 0.05) is 44.0 Å². The number of morpholine rings is 1. The highest BCUT2D eigenvalue weighted by atomic mass is 16.5. The fourth-order valence-corrected chi connectivity index (χ4v) is 3.28. The molecule has 2 heterocycles. The van der Waals surface area contributed by atoms with Gasteiger partial charge in [0.2, 0.25) is 5.91 Å². The van der Waals surface area contributed by atoms with E-state index in [1.807, 2.05) is 0 Å². The van der Waals surface area contributed by atoms with Gasteiger partial charge in [-0.05, 0) is 43.7 Å². The van der Waals surface area contributed by atoms with E-state index in [4.69, 9.17) is 4.74 Å². The number of amides is 2. The Morgan fingerprint density at radius 2 is 1.96 bits per heavy atom. The van der Waals surface area contributed by atoms with E-state index in [-0.39, 0.29) is 17.7 Å². The molecule has 2 saturated heterocycles. The quantitative estimate of drug-likeness (QED) is 0.695. The number of carbonyl (C=O) groups excluding carboxylic acids is 2. The third kappa shape index (κ3) is 5.52. The van der Waals surface area contributed by atoms with E-state index in [2.05, 4.69) is 20.9 Å². The number of anilines is 1. The topological polar surface area (TPSA) is 82.7 Å². The molecule has 1 aromatic carbocycles. The van der Waals surface area contributed by atoms with Crippen LogP contribution in [0.4, 0.5) is 5.69 Å². The highest BCUT2D eigenvalue weighted by molar-refractivity contribution is 5.96. The lowest BCUT2D eigenvalue weighted by Gasteiger charge is -2.26. The molecule has 1 aromatic rings. The first kappa shape index (κ1) is 18.8. The maximum Gasteiger partial charge on any atom is 0.251 e. The van der Waals surface area contributed by atoms with Gasteiger partial charge in [0.15, 0.2) is 0 Å². The summed E-state index contributed by atoms with van der Waals surface area (Å²) in [5.74, 6) is -0.0283. The van der Waals surface area contributed by atoms with Crippen molar-refractivity contribution in [2.75, 3.05) is 57.8 Å². The van der Waals surface area contributed by atoms with Gasteiger partial charge in [-0.1, -0.05) is 0 Å². The normalized spacial score (nSPS) is 21.2. The molecule has 142 valence electrons. The molecule has 0 aliphatic carbocycles. The fraction of sp³-hybridized carbons (Fsp3) is 0.579. The molecule has 3 rings (SSSR count). The smallest absolute Gasteiger partial charge is 0.251 e. The highest BCUT2D eigenvalue weighted by Gasteiger charge is 2.20. The van der Waals surface area contributed by atoms with Gasteiger partial charge in [0.25, 0.3) is 5.91 Å². The number of rotatable bonds is 6. The molecule has 0 bridgehead atoms. The zero-order chi connectivity index (χ0) is 18.2. The molecule has 1 atom stereocenters. The van der Waals surface area contributed by atoms with Crippen LogP contribution >= 0.6 is 0 Å². The first-order valence-electron chi connectivity index (χ1n) is 9.42. The maximum absolute atomic E-state index is 12.2. The lowest BCUT2D eigenvalue weighted by Crippen LogP contribution is -2.41. The van der Waals surface area contributed by atoms with Gasteiger partial charge in [0.05, 0.1) is 19.1 Å². The SMILES string of the molecule is O=C(NCCN1CCOCC1)c1ccc(NC(=O)C2CCCNC2)cc1. The van der Waals surface area contributed by atoms with Crippen LogP contribution in [0.3, 0.4) is 0 Å². The van der Waals surface area contributed by atoms with Gasteiger partial charge in [-0.15, -0.1) is 0 Å². The molecule has 0 radical (unpaired) electrons. The van der Waals surface area contributed by atoms with E-state index < -0.39 is 0 Å².